The van der Waals surface area contributed by atoms with Crippen LogP contribution in [0, 0.1) is 0 Å². The molecule has 0 N–H and O–H groups in total. The topological polar surface area (TPSA) is 74.8 Å². The standard InChI is InChI=1S/C81H49N5O2/c1-3-17-50(18-4-1)59-42-60(51-19-5-2-6-20-51)44-61(43-59)52-21-15-22-57(41-52)79-82-80(84-81(83-79)86-72-30-12-8-26-64(72)68-47-54(34-38-74(68)86)56-36-40-78-70(49-56)66-28-10-14-32-76(66)88-78)58-23-16-24-62(45-58)85-71-29-11-7-25-63(71)67-46-53(33-37-73(67)85)55-35-39-77-69(48-55)65-27-9-13-31-75(65)87-77/h1-49H. The van der Waals surface area contributed by atoms with E-state index in [0.717, 1.165) is 155 Å². The van der Waals surface area contributed by atoms with Gasteiger partial charge in [0.2, 0.25) is 5.95 Å². The normalized spacial score (nSPS) is 11.9. The number of aromatic nitrogens is 5. The minimum Gasteiger partial charge on any atom is -0.456 e. The summed E-state index contributed by atoms with van der Waals surface area (Å²) in [4.78, 5) is 16.5. The molecular formula is C81H49N5O2. The van der Waals surface area contributed by atoms with Gasteiger partial charge in [-0.1, -0.05) is 188 Å². The molecule has 7 heteroatoms. The Morgan fingerprint density at radius 3 is 1.12 bits per heavy atom. The summed E-state index contributed by atoms with van der Waals surface area (Å²) in [5, 5.41) is 8.94. The van der Waals surface area contributed by atoms with E-state index in [1.54, 1.807) is 0 Å². The molecule has 7 nitrogen and oxygen atoms in total. The fourth-order valence-electron chi connectivity index (χ4n) is 13.3. The Labute approximate surface area is 504 Å². The lowest BCUT2D eigenvalue weighted by molar-refractivity contribution is 0.668. The van der Waals surface area contributed by atoms with E-state index in [9.17, 15) is 0 Å². The van der Waals surface area contributed by atoms with Crippen molar-refractivity contribution in [3.8, 4) is 90.0 Å². The maximum atomic E-state index is 6.25. The molecule has 410 valence electrons. The Balaban J connectivity index is 0.806. The fourth-order valence-corrected chi connectivity index (χ4v) is 13.3. The van der Waals surface area contributed by atoms with E-state index in [2.05, 4.69) is 282 Å². The predicted molar refractivity (Wildman–Crippen MR) is 361 cm³/mol. The molecule has 5 heterocycles. The number of para-hydroxylation sites is 4. The molecule has 0 aliphatic heterocycles. The molecule has 5 aromatic heterocycles. The van der Waals surface area contributed by atoms with Gasteiger partial charge < -0.3 is 13.4 Å². The smallest absolute Gasteiger partial charge is 0.238 e. The van der Waals surface area contributed by atoms with Crippen molar-refractivity contribution in [2.75, 3.05) is 0 Å². The molecule has 0 atom stereocenters. The first kappa shape index (κ1) is 49.5. The zero-order valence-corrected chi connectivity index (χ0v) is 47.3. The van der Waals surface area contributed by atoms with E-state index in [1.165, 1.54) is 5.39 Å². The Kier molecular flexibility index (Phi) is 11.2. The highest BCUT2D eigenvalue weighted by Gasteiger charge is 2.22. The number of benzene rings is 13. The van der Waals surface area contributed by atoms with Crippen molar-refractivity contribution >= 4 is 87.5 Å². The van der Waals surface area contributed by atoms with Crippen LogP contribution in [0.5, 0.6) is 0 Å². The summed E-state index contributed by atoms with van der Waals surface area (Å²) >= 11 is 0. The number of hydrogen-bond donors (Lipinski definition) is 0. The van der Waals surface area contributed by atoms with Gasteiger partial charge in [-0.3, -0.25) is 4.57 Å². The molecular weight excluding hydrogens is 1070 g/mol. The van der Waals surface area contributed by atoms with E-state index >= 15 is 0 Å². The van der Waals surface area contributed by atoms with Gasteiger partial charge in [0.15, 0.2) is 11.6 Å². The predicted octanol–water partition coefficient (Wildman–Crippen LogP) is 21.5. The number of fused-ring (bicyclic) bond motifs is 12. The van der Waals surface area contributed by atoms with Crippen LogP contribution in [0.4, 0.5) is 0 Å². The minimum absolute atomic E-state index is 0.518. The molecule has 0 aliphatic rings. The van der Waals surface area contributed by atoms with Gasteiger partial charge in [-0.05, 0) is 165 Å². The first-order valence-electron chi connectivity index (χ1n) is 29.7. The average molecular weight is 1120 g/mol. The minimum atomic E-state index is 0.518. The molecule has 13 aromatic carbocycles. The van der Waals surface area contributed by atoms with Gasteiger partial charge in [0, 0.05) is 59.9 Å². The number of hydrogen-bond acceptors (Lipinski definition) is 5. The van der Waals surface area contributed by atoms with Crippen molar-refractivity contribution in [1.29, 1.82) is 0 Å². The first-order chi connectivity index (χ1) is 43.6. The molecule has 0 unspecified atom stereocenters. The third-order valence-corrected chi connectivity index (χ3v) is 17.6. The summed E-state index contributed by atoms with van der Waals surface area (Å²) in [5.74, 6) is 1.63. The van der Waals surface area contributed by atoms with Crippen molar-refractivity contribution in [3.05, 3.63) is 297 Å². The summed E-state index contributed by atoms with van der Waals surface area (Å²) in [6.07, 6.45) is 0. The van der Waals surface area contributed by atoms with Gasteiger partial charge >= 0.3 is 0 Å². The van der Waals surface area contributed by atoms with Crippen LogP contribution in [0.2, 0.25) is 0 Å². The quantitative estimate of drug-likeness (QED) is 0.144. The zero-order valence-electron chi connectivity index (χ0n) is 47.3. The SMILES string of the molecule is c1ccc(-c2cc(-c3ccccc3)cc(-c3cccc(-c4nc(-c5cccc(-n6c7ccccc7c7cc(-c8ccc9oc%10ccccc%10c9c8)ccc76)c5)nc(-n5c6ccccc6c6cc(-c7ccc8oc9ccccc9c8c7)ccc65)n4)c3)c2)cc1. The molecule has 0 aliphatic carbocycles. The van der Waals surface area contributed by atoms with Crippen LogP contribution in [-0.2, 0) is 0 Å². The average Bonchev–Trinajstić information content (AvgIpc) is 1.98. The van der Waals surface area contributed by atoms with Crippen LogP contribution in [0.3, 0.4) is 0 Å². The zero-order chi connectivity index (χ0) is 57.8. The number of rotatable bonds is 9. The molecule has 88 heavy (non-hydrogen) atoms. The summed E-state index contributed by atoms with van der Waals surface area (Å²) in [5.41, 5.74) is 21.6. The van der Waals surface area contributed by atoms with Gasteiger partial charge in [0.05, 0.1) is 22.1 Å². The lowest BCUT2D eigenvalue weighted by atomic mass is 9.93. The van der Waals surface area contributed by atoms with Crippen LogP contribution in [0.15, 0.2) is 306 Å². The van der Waals surface area contributed by atoms with E-state index in [0.29, 0.717) is 17.6 Å². The maximum absolute atomic E-state index is 6.25. The molecule has 18 aromatic rings. The van der Waals surface area contributed by atoms with Crippen molar-refractivity contribution < 1.29 is 8.83 Å². The third-order valence-electron chi connectivity index (χ3n) is 17.6. The highest BCUT2D eigenvalue weighted by atomic mass is 16.3. The van der Waals surface area contributed by atoms with E-state index in [4.69, 9.17) is 23.8 Å². The molecule has 0 saturated carbocycles. The van der Waals surface area contributed by atoms with E-state index < -0.39 is 0 Å². The summed E-state index contributed by atoms with van der Waals surface area (Å²) in [6.45, 7) is 0. The molecule has 0 amide bonds. The Morgan fingerprint density at radius 1 is 0.205 bits per heavy atom. The molecule has 0 bridgehead atoms. The van der Waals surface area contributed by atoms with Gasteiger partial charge in [0.25, 0.3) is 0 Å². The Morgan fingerprint density at radius 2 is 0.568 bits per heavy atom. The van der Waals surface area contributed by atoms with Crippen LogP contribution in [-0.4, -0.2) is 24.1 Å². The van der Waals surface area contributed by atoms with Gasteiger partial charge in [-0.15, -0.1) is 0 Å². The first-order valence-corrected chi connectivity index (χ1v) is 29.7. The molecule has 18 rings (SSSR count). The summed E-state index contributed by atoms with van der Waals surface area (Å²) < 4.78 is 17.0. The summed E-state index contributed by atoms with van der Waals surface area (Å²) in [6, 6.07) is 106. The van der Waals surface area contributed by atoms with Gasteiger partial charge in [-0.2, -0.15) is 9.97 Å². The molecule has 0 saturated heterocycles. The van der Waals surface area contributed by atoms with Gasteiger partial charge in [-0.25, -0.2) is 4.98 Å². The molecule has 0 radical (unpaired) electrons. The second-order valence-corrected chi connectivity index (χ2v) is 22.7. The Hall–Kier alpha value is -11.9. The van der Waals surface area contributed by atoms with Crippen molar-refractivity contribution in [1.82, 2.24) is 24.1 Å². The fraction of sp³-hybridized carbons (Fsp3) is 0. The Bertz CT molecular complexity index is 5770. The van der Waals surface area contributed by atoms with Crippen LogP contribution in [0.25, 0.3) is 178 Å². The number of nitrogens with zero attached hydrogens (tertiary/aromatic N) is 5. The van der Waals surface area contributed by atoms with Crippen molar-refractivity contribution in [2.24, 2.45) is 0 Å². The van der Waals surface area contributed by atoms with Crippen molar-refractivity contribution in [2.45, 2.75) is 0 Å². The highest BCUT2D eigenvalue weighted by molar-refractivity contribution is 6.13. The summed E-state index contributed by atoms with van der Waals surface area (Å²) in [7, 11) is 0. The monoisotopic (exact) mass is 1120 g/mol. The van der Waals surface area contributed by atoms with Crippen molar-refractivity contribution in [3.63, 3.8) is 0 Å². The van der Waals surface area contributed by atoms with E-state index in [-0.39, 0.29) is 0 Å². The van der Waals surface area contributed by atoms with Crippen LogP contribution in [0.1, 0.15) is 0 Å². The largest absolute Gasteiger partial charge is 0.456 e. The second kappa shape index (κ2) is 19.8. The highest BCUT2D eigenvalue weighted by Crippen LogP contribution is 2.42. The van der Waals surface area contributed by atoms with Crippen LogP contribution >= 0.6 is 0 Å². The second-order valence-electron chi connectivity index (χ2n) is 22.7. The maximum Gasteiger partial charge on any atom is 0.238 e. The van der Waals surface area contributed by atoms with Crippen LogP contribution < -0.4 is 0 Å². The van der Waals surface area contributed by atoms with Gasteiger partial charge in [0.1, 0.15) is 22.3 Å². The van der Waals surface area contributed by atoms with E-state index in [1.807, 2.05) is 24.3 Å². The number of furan rings is 2. The molecule has 0 fully saturated rings. The third kappa shape index (κ3) is 8.17. The lowest BCUT2D eigenvalue weighted by Gasteiger charge is -2.14. The lowest BCUT2D eigenvalue weighted by Crippen LogP contribution is -2.06. The molecule has 0 spiro atoms.